The number of anilines is 1. The average Bonchev–Trinajstić information content (AvgIpc) is 3.39. The summed E-state index contributed by atoms with van der Waals surface area (Å²) in [4.78, 5) is 27.3. The van der Waals surface area contributed by atoms with Crippen LogP contribution in [0.3, 0.4) is 0 Å². The summed E-state index contributed by atoms with van der Waals surface area (Å²) in [5, 5.41) is 5.85. The Morgan fingerprint density at radius 1 is 1.21 bits per heavy atom. The van der Waals surface area contributed by atoms with Crippen molar-refractivity contribution in [2.24, 2.45) is 0 Å². The van der Waals surface area contributed by atoms with Gasteiger partial charge in [-0.1, -0.05) is 12.1 Å². The fourth-order valence-electron chi connectivity index (χ4n) is 4.42. The number of likely N-dealkylation sites (N-methyl/N-ethyl adjacent to an activating group) is 1. The van der Waals surface area contributed by atoms with Crippen LogP contribution in [0.4, 0.5) is 10.1 Å². The van der Waals surface area contributed by atoms with E-state index in [1.807, 2.05) is 18.2 Å². The number of halogens is 1. The summed E-state index contributed by atoms with van der Waals surface area (Å²) >= 11 is 0. The number of carbonyl (C=O) groups excluding carboxylic acids is 2. The van der Waals surface area contributed by atoms with E-state index in [1.165, 1.54) is 12.1 Å². The molecule has 6 nitrogen and oxygen atoms in total. The van der Waals surface area contributed by atoms with Crippen LogP contribution in [0.5, 0.6) is 0 Å². The summed E-state index contributed by atoms with van der Waals surface area (Å²) in [6.07, 6.45) is 5.24. The number of nitrogens with zero attached hydrogens (tertiary/aromatic N) is 1. The molecule has 33 heavy (non-hydrogen) atoms. The molecule has 2 N–H and O–H groups in total. The molecular weight excluding hydrogens is 421 g/mol. The number of hydrogen-bond donors (Lipinski definition) is 2. The van der Waals surface area contributed by atoms with E-state index in [0.29, 0.717) is 28.1 Å². The summed E-state index contributed by atoms with van der Waals surface area (Å²) in [7, 11) is 2.06. The van der Waals surface area contributed by atoms with Crippen molar-refractivity contribution in [2.45, 2.75) is 18.9 Å². The van der Waals surface area contributed by atoms with Crippen molar-refractivity contribution in [3.05, 3.63) is 77.5 Å². The van der Waals surface area contributed by atoms with Crippen molar-refractivity contribution in [3.8, 4) is 11.1 Å². The van der Waals surface area contributed by atoms with Gasteiger partial charge in [-0.3, -0.25) is 9.59 Å². The van der Waals surface area contributed by atoms with Crippen molar-refractivity contribution < 1.29 is 18.4 Å². The van der Waals surface area contributed by atoms with Crippen molar-refractivity contribution in [1.29, 1.82) is 0 Å². The molecule has 3 aromatic rings. The highest BCUT2D eigenvalue weighted by atomic mass is 19.1. The molecule has 2 aliphatic heterocycles. The second-order valence-electron chi connectivity index (χ2n) is 8.60. The van der Waals surface area contributed by atoms with Crippen LogP contribution in [0.25, 0.3) is 22.8 Å². The number of piperidine rings is 1. The van der Waals surface area contributed by atoms with Gasteiger partial charge in [0.2, 0.25) is 0 Å². The molecule has 0 aliphatic carbocycles. The molecule has 0 spiro atoms. The number of rotatable bonds is 4. The van der Waals surface area contributed by atoms with Crippen molar-refractivity contribution in [3.63, 3.8) is 0 Å². The fraction of sp³-hybridized carbons (Fsp3) is 0.231. The Bertz CT molecular complexity index is 1260. The Kier molecular flexibility index (Phi) is 5.56. The number of hydrogen-bond acceptors (Lipinski definition) is 4. The van der Waals surface area contributed by atoms with Gasteiger partial charge in [0, 0.05) is 35.0 Å². The largest absolute Gasteiger partial charge is 0.464 e. The molecule has 1 fully saturated rings. The third kappa shape index (κ3) is 4.45. The predicted octanol–water partition coefficient (Wildman–Crippen LogP) is 4.40. The Hall–Kier alpha value is -3.71. The first-order valence-electron chi connectivity index (χ1n) is 11.0. The topological polar surface area (TPSA) is 74.6 Å². The molecule has 168 valence electrons. The third-order valence-corrected chi connectivity index (χ3v) is 6.09. The van der Waals surface area contributed by atoms with Gasteiger partial charge in [0.25, 0.3) is 11.8 Å². The molecule has 0 radical (unpaired) electrons. The molecule has 0 saturated carbocycles. The van der Waals surface area contributed by atoms with Crippen LogP contribution in [0.15, 0.2) is 59.2 Å². The van der Waals surface area contributed by atoms with Gasteiger partial charge in [-0.25, -0.2) is 4.39 Å². The lowest BCUT2D eigenvalue weighted by atomic mass is 10.0. The molecule has 3 heterocycles. The van der Waals surface area contributed by atoms with E-state index in [9.17, 15) is 14.0 Å². The second-order valence-corrected chi connectivity index (χ2v) is 8.60. The Morgan fingerprint density at radius 2 is 2.09 bits per heavy atom. The van der Waals surface area contributed by atoms with Gasteiger partial charge in [0.1, 0.15) is 11.6 Å². The summed E-state index contributed by atoms with van der Waals surface area (Å²) < 4.78 is 19.3. The molecule has 0 bridgehead atoms. The normalized spacial score (nSPS) is 19.4. The number of furan rings is 1. The lowest BCUT2D eigenvalue weighted by Gasteiger charge is -2.30. The highest BCUT2D eigenvalue weighted by Crippen LogP contribution is 2.34. The number of carbonyl (C=O) groups is 2. The molecule has 2 amide bonds. The molecule has 7 heteroatoms. The first-order valence-corrected chi connectivity index (χ1v) is 11.0. The van der Waals surface area contributed by atoms with E-state index in [2.05, 4.69) is 22.6 Å². The molecule has 1 saturated heterocycles. The van der Waals surface area contributed by atoms with Crippen molar-refractivity contribution in [2.75, 3.05) is 25.5 Å². The number of fused-ring (bicyclic) bond motifs is 1. The van der Waals surface area contributed by atoms with Gasteiger partial charge in [-0.15, -0.1) is 0 Å². The van der Waals surface area contributed by atoms with Gasteiger partial charge in [0.05, 0.1) is 11.8 Å². The highest BCUT2D eigenvalue weighted by molar-refractivity contribution is 6.34. The Balaban J connectivity index is 1.36. The standard InChI is InChI=1S/C26H24FN3O3/c1-30-9-3-6-20(14-30)28-25(31)17-5-2-4-16(10-17)18-11-21(33-15-18)13-23-22-12-19(27)7-8-24(22)29-26(23)32/h2,4-5,7-8,10-13,15,20H,3,6,9,14H2,1H3,(H,28,31)(H,29,32)/b23-13+. The molecule has 1 atom stereocenters. The van der Waals surface area contributed by atoms with E-state index in [-0.39, 0.29) is 17.9 Å². The maximum absolute atomic E-state index is 13.7. The zero-order chi connectivity index (χ0) is 22.9. The van der Waals surface area contributed by atoms with Gasteiger partial charge in [-0.05, 0) is 74.5 Å². The molecule has 2 aromatic carbocycles. The summed E-state index contributed by atoms with van der Waals surface area (Å²) in [5.74, 6) is -0.344. The first-order chi connectivity index (χ1) is 16.0. The third-order valence-electron chi connectivity index (χ3n) is 6.09. The molecule has 5 rings (SSSR count). The monoisotopic (exact) mass is 445 g/mol. The van der Waals surface area contributed by atoms with Crippen molar-refractivity contribution in [1.82, 2.24) is 10.2 Å². The summed E-state index contributed by atoms with van der Waals surface area (Å²) in [6.45, 7) is 1.91. The molecule has 2 aliphatic rings. The maximum Gasteiger partial charge on any atom is 0.256 e. The highest BCUT2D eigenvalue weighted by Gasteiger charge is 2.25. The van der Waals surface area contributed by atoms with Gasteiger partial charge in [-0.2, -0.15) is 0 Å². The number of nitrogens with one attached hydrogen (secondary N) is 2. The lowest BCUT2D eigenvalue weighted by molar-refractivity contribution is -0.110. The van der Waals surface area contributed by atoms with E-state index in [1.54, 1.807) is 30.5 Å². The van der Waals surface area contributed by atoms with Crippen LogP contribution >= 0.6 is 0 Å². The average molecular weight is 445 g/mol. The second kappa shape index (κ2) is 8.67. The first kappa shape index (κ1) is 21.2. The number of likely N-dealkylation sites (tertiary alicyclic amines) is 1. The summed E-state index contributed by atoms with van der Waals surface area (Å²) in [6, 6.07) is 13.5. The predicted molar refractivity (Wildman–Crippen MR) is 125 cm³/mol. The lowest BCUT2D eigenvalue weighted by Crippen LogP contribution is -2.46. The van der Waals surface area contributed by atoms with Crippen LogP contribution in [0.1, 0.15) is 34.5 Å². The minimum Gasteiger partial charge on any atom is -0.464 e. The Labute approximate surface area is 191 Å². The van der Waals surface area contributed by atoms with Crippen LogP contribution < -0.4 is 10.6 Å². The van der Waals surface area contributed by atoms with Crippen LogP contribution in [0, 0.1) is 5.82 Å². The zero-order valence-electron chi connectivity index (χ0n) is 18.2. The Morgan fingerprint density at radius 3 is 2.94 bits per heavy atom. The van der Waals surface area contributed by atoms with Gasteiger partial charge < -0.3 is 20.0 Å². The van der Waals surface area contributed by atoms with Crippen LogP contribution in [0.2, 0.25) is 0 Å². The van der Waals surface area contributed by atoms with E-state index < -0.39 is 5.82 Å². The van der Waals surface area contributed by atoms with E-state index in [0.717, 1.165) is 37.1 Å². The number of amides is 2. The van der Waals surface area contributed by atoms with Crippen molar-refractivity contribution >= 4 is 29.2 Å². The summed E-state index contributed by atoms with van der Waals surface area (Å²) in [5.41, 5.74) is 3.62. The van der Waals surface area contributed by atoms with E-state index in [4.69, 9.17) is 4.42 Å². The quantitative estimate of drug-likeness (QED) is 0.584. The van der Waals surface area contributed by atoms with Crippen LogP contribution in [-0.4, -0.2) is 42.9 Å². The SMILES string of the molecule is CN1CCCC(NC(=O)c2cccc(-c3coc(/C=C4/C(=O)Nc5ccc(F)cc54)c3)c2)C1. The smallest absolute Gasteiger partial charge is 0.256 e. The fourth-order valence-corrected chi connectivity index (χ4v) is 4.42. The molecule has 1 aromatic heterocycles. The zero-order valence-corrected chi connectivity index (χ0v) is 18.2. The molecule has 1 unspecified atom stereocenters. The van der Waals surface area contributed by atoms with Gasteiger partial charge >= 0.3 is 0 Å². The maximum atomic E-state index is 13.7. The van der Waals surface area contributed by atoms with Crippen LogP contribution in [-0.2, 0) is 4.79 Å². The minimum atomic E-state index is -0.411. The van der Waals surface area contributed by atoms with E-state index >= 15 is 0 Å². The van der Waals surface area contributed by atoms with Gasteiger partial charge in [0.15, 0.2) is 0 Å². The minimum absolute atomic E-state index is 0.0933. The molecular formula is C26H24FN3O3. The number of benzene rings is 2.